The summed E-state index contributed by atoms with van der Waals surface area (Å²) in [4.78, 5) is 0. The van der Waals surface area contributed by atoms with Crippen molar-refractivity contribution in [1.29, 1.82) is 0 Å². The van der Waals surface area contributed by atoms with E-state index in [1.54, 1.807) is 0 Å². The first-order valence-corrected chi connectivity index (χ1v) is 7.48. The molecule has 1 aliphatic carbocycles. The van der Waals surface area contributed by atoms with Crippen LogP contribution in [0.1, 0.15) is 51.1 Å². The van der Waals surface area contributed by atoms with Crippen LogP contribution >= 0.6 is 15.9 Å². The van der Waals surface area contributed by atoms with Gasteiger partial charge in [0.25, 0.3) is 0 Å². The molecule has 0 aromatic heterocycles. The maximum atomic E-state index is 3.75. The second-order valence-corrected chi connectivity index (χ2v) is 6.10. The molecule has 0 amide bonds. The Kier molecular flexibility index (Phi) is 4.63. The fourth-order valence-electron chi connectivity index (χ4n) is 2.90. The Bertz CT molecular complexity index is 358. The van der Waals surface area contributed by atoms with E-state index in [4.69, 9.17) is 0 Å². The monoisotopic (exact) mass is 295 g/mol. The van der Waals surface area contributed by atoms with Gasteiger partial charge in [-0.3, -0.25) is 0 Å². The first-order valence-electron chi connectivity index (χ1n) is 6.69. The Morgan fingerprint density at radius 3 is 2.47 bits per heavy atom. The summed E-state index contributed by atoms with van der Waals surface area (Å²) in [6.07, 6.45) is 5.63. The van der Waals surface area contributed by atoms with Crippen LogP contribution in [0.25, 0.3) is 0 Å². The van der Waals surface area contributed by atoms with Crippen LogP contribution in [0.2, 0.25) is 0 Å². The second kappa shape index (κ2) is 6.01. The largest absolute Gasteiger partial charge is 0.307 e. The molecular formula is C15H22BrN. The molecule has 1 aromatic rings. The minimum atomic E-state index is 0.418. The molecule has 1 fully saturated rings. The van der Waals surface area contributed by atoms with Crippen LogP contribution in [0.3, 0.4) is 0 Å². The zero-order chi connectivity index (χ0) is 12.3. The third-order valence-electron chi connectivity index (χ3n) is 3.99. The molecule has 1 unspecified atom stereocenters. The van der Waals surface area contributed by atoms with Gasteiger partial charge >= 0.3 is 0 Å². The number of rotatable bonds is 4. The molecule has 2 heteroatoms. The highest BCUT2D eigenvalue weighted by atomic mass is 79.9. The van der Waals surface area contributed by atoms with E-state index < -0.39 is 0 Å². The number of halogens is 1. The Morgan fingerprint density at radius 2 is 1.82 bits per heavy atom. The van der Waals surface area contributed by atoms with Crippen molar-refractivity contribution in [2.75, 3.05) is 0 Å². The van der Waals surface area contributed by atoms with Crippen molar-refractivity contribution in [2.24, 2.45) is 5.92 Å². The highest BCUT2D eigenvalue weighted by Crippen LogP contribution is 2.30. The van der Waals surface area contributed by atoms with E-state index in [1.807, 2.05) is 0 Å². The molecule has 0 bridgehead atoms. The summed E-state index contributed by atoms with van der Waals surface area (Å²) in [5.41, 5.74) is 1.36. The molecule has 1 aliphatic rings. The number of hydrogen-bond acceptors (Lipinski definition) is 1. The first-order chi connectivity index (χ1) is 8.18. The topological polar surface area (TPSA) is 12.0 Å². The van der Waals surface area contributed by atoms with E-state index in [9.17, 15) is 0 Å². The molecule has 0 saturated heterocycles. The fourth-order valence-corrected chi connectivity index (χ4v) is 3.53. The van der Waals surface area contributed by atoms with E-state index in [0.29, 0.717) is 12.1 Å². The second-order valence-electron chi connectivity index (χ2n) is 5.24. The highest BCUT2D eigenvalue weighted by molar-refractivity contribution is 9.10. The summed E-state index contributed by atoms with van der Waals surface area (Å²) in [7, 11) is 0. The molecular weight excluding hydrogens is 274 g/mol. The maximum Gasteiger partial charge on any atom is 0.0305 e. The van der Waals surface area contributed by atoms with Crippen molar-refractivity contribution in [3.63, 3.8) is 0 Å². The quantitative estimate of drug-likeness (QED) is 0.850. The summed E-state index contributed by atoms with van der Waals surface area (Å²) < 4.78 is 1.21. The third kappa shape index (κ3) is 3.32. The molecule has 2 rings (SSSR count). The normalized spacial score (nSPS) is 20.4. The van der Waals surface area contributed by atoms with Crippen molar-refractivity contribution in [1.82, 2.24) is 5.32 Å². The standard InChI is InChI=1S/C15H22BrN/c1-11(13-7-3-4-8-13)17-12(2)14-9-5-6-10-15(14)16/h5-6,9-13,17H,3-4,7-8H2,1-2H3/t11?,12-/m0/s1. The summed E-state index contributed by atoms with van der Waals surface area (Å²) in [5, 5.41) is 3.75. The van der Waals surface area contributed by atoms with Crippen molar-refractivity contribution >= 4 is 15.9 Å². The molecule has 0 spiro atoms. The van der Waals surface area contributed by atoms with Crippen molar-refractivity contribution in [3.05, 3.63) is 34.3 Å². The van der Waals surface area contributed by atoms with Crippen LogP contribution in [0.5, 0.6) is 0 Å². The number of nitrogens with one attached hydrogen (secondary N) is 1. The maximum absolute atomic E-state index is 3.75. The summed E-state index contributed by atoms with van der Waals surface area (Å²) in [6, 6.07) is 9.54. The van der Waals surface area contributed by atoms with Crippen LogP contribution in [-0.4, -0.2) is 6.04 Å². The predicted molar refractivity (Wildman–Crippen MR) is 77.1 cm³/mol. The average Bonchev–Trinajstić information content (AvgIpc) is 2.82. The minimum Gasteiger partial charge on any atom is -0.307 e. The van der Waals surface area contributed by atoms with Crippen molar-refractivity contribution in [2.45, 2.75) is 51.6 Å². The van der Waals surface area contributed by atoms with Crippen LogP contribution < -0.4 is 5.32 Å². The summed E-state index contributed by atoms with van der Waals surface area (Å²) in [5.74, 6) is 0.875. The Morgan fingerprint density at radius 1 is 1.18 bits per heavy atom. The average molecular weight is 296 g/mol. The Labute approximate surface area is 113 Å². The molecule has 0 radical (unpaired) electrons. The first kappa shape index (κ1) is 13.1. The molecule has 17 heavy (non-hydrogen) atoms. The van der Waals surface area contributed by atoms with Crippen molar-refractivity contribution in [3.8, 4) is 0 Å². The molecule has 1 nitrogen and oxygen atoms in total. The Hall–Kier alpha value is -0.340. The van der Waals surface area contributed by atoms with Crippen molar-refractivity contribution < 1.29 is 0 Å². The van der Waals surface area contributed by atoms with Gasteiger partial charge in [0.2, 0.25) is 0 Å². The van der Waals surface area contributed by atoms with Gasteiger partial charge in [0.15, 0.2) is 0 Å². The van der Waals surface area contributed by atoms with Gasteiger partial charge in [-0.15, -0.1) is 0 Å². The van der Waals surface area contributed by atoms with Gasteiger partial charge in [-0.1, -0.05) is 47.0 Å². The van der Waals surface area contributed by atoms with Gasteiger partial charge in [0.05, 0.1) is 0 Å². The summed E-state index contributed by atoms with van der Waals surface area (Å²) >= 11 is 3.63. The smallest absolute Gasteiger partial charge is 0.0305 e. The highest BCUT2D eigenvalue weighted by Gasteiger charge is 2.23. The molecule has 0 aliphatic heterocycles. The molecule has 2 atom stereocenters. The van der Waals surface area contributed by atoms with E-state index in [-0.39, 0.29) is 0 Å². The third-order valence-corrected chi connectivity index (χ3v) is 4.71. The molecule has 1 N–H and O–H groups in total. The zero-order valence-electron chi connectivity index (χ0n) is 10.7. The number of benzene rings is 1. The minimum absolute atomic E-state index is 0.418. The lowest BCUT2D eigenvalue weighted by Gasteiger charge is -2.25. The fraction of sp³-hybridized carbons (Fsp3) is 0.600. The predicted octanol–water partition coefficient (Wildman–Crippen LogP) is 4.68. The van der Waals surface area contributed by atoms with Crippen LogP contribution in [0.15, 0.2) is 28.7 Å². The molecule has 94 valence electrons. The number of hydrogen-bond donors (Lipinski definition) is 1. The Balaban J connectivity index is 1.96. The molecule has 0 heterocycles. The lowest BCUT2D eigenvalue weighted by atomic mass is 9.98. The zero-order valence-corrected chi connectivity index (χ0v) is 12.3. The van der Waals surface area contributed by atoms with Gasteiger partial charge < -0.3 is 5.32 Å². The van der Waals surface area contributed by atoms with E-state index in [0.717, 1.165) is 5.92 Å². The van der Waals surface area contributed by atoms with E-state index in [2.05, 4.69) is 59.4 Å². The molecule has 1 aromatic carbocycles. The van der Waals surface area contributed by atoms with Gasteiger partial charge in [-0.2, -0.15) is 0 Å². The summed E-state index contributed by atoms with van der Waals surface area (Å²) in [6.45, 7) is 4.59. The van der Waals surface area contributed by atoms with Crippen LogP contribution in [-0.2, 0) is 0 Å². The van der Waals surface area contributed by atoms with Crippen LogP contribution in [0.4, 0.5) is 0 Å². The van der Waals surface area contributed by atoms with Gasteiger partial charge in [-0.05, 0) is 44.2 Å². The molecule has 1 saturated carbocycles. The lowest BCUT2D eigenvalue weighted by molar-refractivity contribution is 0.352. The van der Waals surface area contributed by atoms with Gasteiger partial charge in [0, 0.05) is 16.6 Å². The van der Waals surface area contributed by atoms with Gasteiger partial charge in [-0.25, -0.2) is 0 Å². The van der Waals surface area contributed by atoms with E-state index >= 15 is 0 Å². The lowest BCUT2D eigenvalue weighted by Crippen LogP contribution is -2.34. The van der Waals surface area contributed by atoms with E-state index in [1.165, 1.54) is 35.7 Å². The SMILES string of the molecule is CC(N[C@@H](C)c1ccccc1Br)C1CCCC1. The van der Waals surface area contributed by atoms with Gasteiger partial charge in [0.1, 0.15) is 0 Å². The van der Waals surface area contributed by atoms with Crippen LogP contribution in [0, 0.1) is 5.92 Å².